The maximum atomic E-state index is 12.7. The van der Waals surface area contributed by atoms with Crippen molar-refractivity contribution in [3.63, 3.8) is 0 Å². The summed E-state index contributed by atoms with van der Waals surface area (Å²) in [7, 11) is 0. The third kappa shape index (κ3) is 5.62. The van der Waals surface area contributed by atoms with Gasteiger partial charge in [0.05, 0.1) is 11.1 Å². The lowest BCUT2D eigenvalue weighted by Gasteiger charge is -2.15. The molecule has 0 saturated heterocycles. The molecule has 0 aliphatic rings. The van der Waals surface area contributed by atoms with E-state index < -0.39 is 17.6 Å². The van der Waals surface area contributed by atoms with Crippen LogP contribution in [0.15, 0.2) is 22.7 Å². The van der Waals surface area contributed by atoms with E-state index in [-0.39, 0.29) is 5.56 Å². The van der Waals surface area contributed by atoms with Crippen LogP contribution in [0, 0.1) is 5.92 Å². The van der Waals surface area contributed by atoms with Gasteiger partial charge in [0.2, 0.25) is 0 Å². The van der Waals surface area contributed by atoms with E-state index in [4.69, 9.17) is 0 Å². The smallest absolute Gasteiger partial charge is 0.352 e. The van der Waals surface area contributed by atoms with Crippen LogP contribution >= 0.6 is 31.9 Å². The summed E-state index contributed by atoms with van der Waals surface area (Å²) in [6, 6.07) is 3.05. The second kappa shape index (κ2) is 8.17. The quantitative estimate of drug-likeness (QED) is 0.631. The summed E-state index contributed by atoms with van der Waals surface area (Å²) in [6.45, 7) is 2.46. The van der Waals surface area contributed by atoms with Crippen molar-refractivity contribution in [1.82, 2.24) is 5.32 Å². The topological polar surface area (TPSA) is 29.1 Å². The van der Waals surface area contributed by atoms with E-state index >= 15 is 0 Å². The molecule has 0 aliphatic heterocycles. The number of halogens is 5. The average molecular weight is 431 g/mol. The zero-order valence-corrected chi connectivity index (χ0v) is 14.6. The molecule has 1 unspecified atom stereocenters. The van der Waals surface area contributed by atoms with Crippen molar-refractivity contribution < 1.29 is 18.0 Å². The highest BCUT2D eigenvalue weighted by atomic mass is 79.9. The molecule has 118 valence electrons. The first-order chi connectivity index (χ1) is 9.79. The molecule has 1 rings (SSSR count). The predicted octanol–water partition coefficient (Wildman–Crippen LogP) is 5.01. The second-order valence-electron chi connectivity index (χ2n) is 4.65. The van der Waals surface area contributed by atoms with Crippen molar-refractivity contribution >= 4 is 37.8 Å². The Labute approximate surface area is 138 Å². The molecule has 0 aromatic heterocycles. The van der Waals surface area contributed by atoms with Crippen molar-refractivity contribution in [3.05, 3.63) is 33.8 Å². The molecule has 1 atom stereocenters. The lowest BCUT2D eigenvalue weighted by molar-refractivity contribution is -0.137. The first-order valence-electron chi connectivity index (χ1n) is 6.50. The monoisotopic (exact) mass is 429 g/mol. The van der Waals surface area contributed by atoms with Crippen molar-refractivity contribution in [1.29, 1.82) is 0 Å². The lowest BCUT2D eigenvalue weighted by Crippen LogP contribution is -2.29. The van der Waals surface area contributed by atoms with Gasteiger partial charge < -0.3 is 5.32 Å². The van der Waals surface area contributed by atoms with Crippen LogP contribution in [0.25, 0.3) is 0 Å². The van der Waals surface area contributed by atoms with Crippen LogP contribution in [0.5, 0.6) is 0 Å². The number of carbonyl (C=O) groups excluding carboxylic acids is 1. The van der Waals surface area contributed by atoms with Gasteiger partial charge in [0, 0.05) is 16.3 Å². The normalized spacial score (nSPS) is 13.0. The molecule has 0 fully saturated rings. The first kappa shape index (κ1) is 18.5. The van der Waals surface area contributed by atoms with Gasteiger partial charge in [0.25, 0.3) is 5.91 Å². The van der Waals surface area contributed by atoms with Gasteiger partial charge in [-0.1, -0.05) is 29.3 Å². The summed E-state index contributed by atoms with van der Waals surface area (Å²) in [5.41, 5.74) is -0.832. The number of rotatable bonds is 6. The molecular formula is C14H16Br2F3NO. The number of hydrogen-bond donors (Lipinski definition) is 1. The van der Waals surface area contributed by atoms with Gasteiger partial charge >= 0.3 is 6.18 Å². The number of hydrogen-bond acceptors (Lipinski definition) is 1. The van der Waals surface area contributed by atoms with E-state index in [0.29, 0.717) is 16.9 Å². The number of nitrogens with one attached hydrogen (secondary N) is 1. The molecule has 1 aromatic carbocycles. The van der Waals surface area contributed by atoms with E-state index in [9.17, 15) is 18.0 Å². The molecule has 2 nitrogen and oxygen atoms in total. The second-order valence-corrected chi connectivity index (χ2v) is 6.30. The van der Waals surface area contributed by atoms with E-state index in [1.807, 2.05) is 6.92 Å². The lowest BCUT2D eigenvalue weighted by atomic mass is 10.0. The van der Waals surface area contributed by atoms with Crippen LogP contribution in [-0.4, -0.2) is 17.8 Å². The molecule has 0 saturated carbocycles. The van der Waals surface area contributed by atoms with Crippen LogP contribution in [0.1, 0.15) is 35.7 Å². The van der Waals surface area contributed by atoms with Gasteiger partial charge in [-0.25, -0.2) is 0 Å². The van der Waals surface area contributed by atoms with E-state index in [1.54, 1.807) is 0 Å². The van der Waals surface area contributed by atoms with Crippen LogP contribution in [0.2, 0.25) is 0 Å². The Morgan fingerprint density at radius 1 is 1.38 bits per heavy atom. The van der Waals surface area contributed by atoms with Gasteiger partial charge in [0.1, 0.15) is 0 Å². The summed E-state index contributed by atoms with van der Waals surface area (Å²) < 4.78 is 38.4. The van der Waals surface area contributed by atoms with Gasteiger partial charge in [-0.15, -0.1) is 0 Å². The summed E-state index contributed by atoms with van der Waals surface area (Å²) in [5.74, 6) is -0.195. The fourth-order valence-electron chi connectivity index (χ4n) is 1.81. The predicted molar refractivity (Wildman–Crippen MR) is 83.7 cm³/mol. The van der Waals surface area contributed by atoms with E-state index in [2.05, 4.69) is 37.2 Å². The Balaban J connectivity index is 2.82. The first-order valence-corrected chi connectivity index (χ1v) is 8.42. The SMILES string of the molecule is CCC(CCBr)CNC(=O)c1cc(C(F)(F)F)ccc1Br. The molecule has 1 N–H and O–H groups in total. The zero-order valence-electron chi connectivity index (χ0n) is 11.4. The molecule has 1 aromatic rings. The van der Waals surface area contributed by atoms with Crippen molar-refractivity contribution in [3.8, 4) is 0 Å². The van der Waals surface area contributed by atoms with Crippen LogP contribution < -0.4 is 5.32 Å². The molecule has 0 spiro atoms. The highest BCUT2D eigenvalue weighted by Crippen LogP contribution is 2.31. The molecular weight excluding hydrogens is 415 g/mol. The molecule has 0 bridgehead atoms. The van der Waals surface area contributed by atoms with Crippen LogP contribution in [0.3, 0.4) is 0 Å². The Hall–Kier alpha value is -0.560. The number of benzene rings is 1. The van der Waals surface area contributed by atoms with Crippen molar-refractivity contribution in [2.24, 2.45) is 5.92 Å². The third-order valence-electron chi connectivity index (χ3n) is 3.18. The molecule has 1 amide bonds. The third-order valence-corrected chi connectivity index (χ3v) is 4.33. The fourth-order valence-corrected chi connectivity index (χ4v) is 2.89. The molecule has 7 heteroatoms. The minimum Gasteiger partial charge on any atom is -0.352 e. The minimum atomic E-state index is -4.46. The Bertz CT molecular complexity index is 492. The Morgan fingerprint density at radius 2 is 2.05 bits per heavy atom. The summed E-state index contributed by atoms with van der Waals surface area (Å²) in [6.07, 6.45) is -2.66. The fraction of sp³-hybridized carbons (Fsp3) is 0.500. The summed E-state index contributed by atoms with van der Waals surface area (Å²) >= 11 is 6.46. The van der Waals surface area contributed by atoms with Crippen molar-refractivity contribution in [2.45, 2.75) is 25.9 Å². The summed E-state index contributed by atoms with van der Waals surface area (Å²) in [4.78, 5) is 12.0. The van der Waals surface area contributed by atoms with Gasteiger partial charge in [-0.2, -0.15) is 13.2 Å². The van der Waals surface area contributed by atoms with E-state index in [0.717, 1.165) is 30.3 Å². The molecule has 0 aliphatic carbocycles. The van der Waals surface area contributed by atoms with Gasteiger partial charge in [0.15, 0.2) is 0 Å². The number of amides is 1. The zero-order chi connectivity index (χ0) is 16.0. The summed E-state index contributed by atoms with van der Waals surface area (Å²) in [5, 5.41) is 3.53. The molecule has 0 radical (unpaired) electrons. The molecule has 0 heterocycles. The standard InChI is InChI=1S/C14H16Br2F3NO/c1-2-9(5-6-15)8-20-13(21)11-7-10(14(17,18)19)3-4-12(11)16/h3-4,7,9H,2,5-6,8H2,1H3,(H,20,21). The maximum Gasteiger partial charge on any atom is 0.416 e. The minimum absolute atomic E-state index is 0.00137. The van der Waals surface area contributed by atoms with Crippen molar-refractivity contribution in [2.75, 3.05) is 11.9 Å². The molecule has 21 heavy (non-hydrogen) atoms. The van der Waals surface area contributed by atoms with Gasteiger partial charge in [-0.3, -0.25) is 4.79 Å². The maximum absolute atomic E-state index is 12.7. The van der Waals surface area contributed by atoms with Gasteiger partial charge in [-0.05, 0) is 46.5 Å². The Kier molecular flexibility index (Phi) is 7.20. The van der Waals surface area contributed by atoms with E-state index in [1.165, 1.54) is 6.07 Å². The largest absolute Gasteiger partial charge is 0.416 e. The number of carbonyl (C=O) groups is 1. The highest BCUT2D eigenvalue weighted by molar-refractivity contribution is 9.10. The number of alkyl halides is 4. The Morgan fingerprint density at radius 3 is 2.57 bits per heavy atom. The van der Waals surface area contributed by atoms with Crippen LogP contribution in [0.4, 0.5) is 13.2 Å². The van der Waals surface area contributed by atoms with Crippen LogP contribution in [-0.2, 0) is 6.18 Å². The average Bonchev–Trinajstić information content (AvgIpc) is 2.42. The highest BCUT2D eigenvalue weighted by Gasteiger charge is 2.31.